The van der Waals surface area contributed by atoms with Gasteiger partial charge in [0.1, 0.15) is 0 Å². The van der Waals surface area contributed by atoms with Gasteiger partial charge < -0.3 is 9.84 Å². The fraction of sp³-hybridized carbons (Fsp3) is 0.850. The predicted molar refractivity (Wildman–Crippen MR) is 97.5 cm³/mol. The van der Waals surface area contributed by atoms with Crippen LogP contribution in [0, 0.1) is 0 Å². The summed E-state index contributed by atoms with van der Waals surface area (Å²) in [7, 11) is 0. The molecule has 0 saturated carbocycles. The fourth-order valence-corrected chi connectivity index (χ4v) is 2.59. The SMILES string of the molecule is CCCCCCCCCCCCCCOC(=O)C(C)=CCCO. The van der Waals surface area contributed by atoms with Crippen molar-refractivity contribution in [1.29, 1.82) is 0 Å². The van der Waals surface area contributed by atoms with Crippen LogP contribution in [-0.4, -0.2) is 24.3 Å². The largest absolute Gasteiger partial charge is 0.462 e. The van der Waals surface area contributed by atoms with Gasteiger partial charge in [-0.1, -0.05) is 83.6 Å². The van der Waals surface area contributed by atoms with E-state index in [0.29, 0.717) is 18.6 Å². The molecule has 0 aromatic carbocycles. The van der Waals surface area contributed by atoms with Gasteiger partial charge in [-0.3, -0.25) is 0 Å². The number of hydrogen-bond acceptors (Lipinski definition) is 3. The van der Waals surface area contributed by atoms with Crippen LogP contribution in [0.3, 0.4) is 0 Å². The van der Waals surface area contributed by atoms with Crippen molar-refractivity contribution in [2.45, 2.75) is 97.3 Å². The minimum Gasteiger partial charge on any atom is -0.462 e. The summed E-state index contributed by atoms with van der Waals surface area (Å²) in [5, 5.41) is 8.70. The maximum Gasteiger partial charge on any atom is 0.333 e. The molecular weight excluding hydrogens is 288 g/mol. The molecule has 3 nitrogen and oxygen atoms in total. The quantitative estimate of drug-likeness (QED) is 0.229. The molecule has 0 heterocycles. The minimum atomic E-state index is -0.249. The molecular formula is C20H38O3. The molecule has 1 N–H and O–H groups in total. The highest BCUT2D eigenvalue weighted by atomic mass is 16.5. The average Bonchev–Trinajstić information content (AvgIpc) is 2.56. The van der Waals surface area contributed by atoms with Crippen LogP contribution in [0.25, 0.3) is 0 Å². The number of aliphatic hydroxyl groups excluding tert-OH is 1. The van der Waals surface area contributed by atoms with Crippen LogP contribution in [0.2, 0.25) is 0 Å². The van der Waals surface area contributed by atoms with E-state index < -0.39 is 0 Å². The molecule has 0 aliphatic heterocycles. The van der Waals surface area contributed by atoms with Crippen molar-refractivity contribution < 1.29 is 14.6 Å². The molecule has 0 aromatic heterocycles. The van der Waals surface area contributed by atoms with E-state index in [0.717, 1.165) is 12.8 Å². The van der Waals surface area contributed by atoms with E-state index in [1.54, 1.807) is 13.0 Å². The lowest BCUT2D eigenvalue weighted by Gasteiger charge is -2.05. The van der Waals surface area contributed by atoms with Crippen molar-refractivity contribution in [3.8, 4) is 0 Å². The topological polar surface area (TPSA) is 46.5 Å². The Hall–Kier alpha value is -0.830. The van der Waals surface area contributed by atoms with E-state index in [4.69, 9.17) is 9.84 Å². The van der Waals surface area contributed by atoms with E-state index in [1.165, 1.54) is 64.2 Å². The molecule has 23 heavy (non-hydrogen) atoms. The van der Waals surface area contributed by atoms with Crippen molar-refractivity contribution in [1.82, 2.24) is 0 Å². The molecule has 0 saturated heterocycles. The molecule has 0 fully saturated rings. The third kappa shape index (κ3) is 15.8. The normalized spacial score (nSPS) is 11.7. The number of ether oxygens (including phenoxy) is 1. The zero-order valence-corrected chi connectivity index (χ0v) is 15.4. The first-order valence-electron chi connectivity index (χ1n) is 9.67. The molecule has 136 valence electrons. The Kier molecular flexibility index (Phi) is 16.9. The Labute approximate surface area is 143 Å². The molecule has 0 atom stereocenters. The summed E-state index contributed by atoms with van der Waals surface area (Å²) < 4.78 is 5.20. The van der Waals surface area contributed by atoms with Gasteiger partial charge in [-0.15, -0.1) is 0 Å². The number of carbonyl (C=O) groups excluding carboxylic acids is 1. The van der Waals surface area contributed by atoms with Gasteiger partial charge in [0, 0.05) is 12.2 Å². The zero-order chi connectivity index (χ0) is 17.2. The number of rotatable bonds is 16. The number of aliphatic hydroxyl groups is 1. The second-order valence-corrected chi connectivity index (χ2v) is 6.42. The number of unbranched alkanes of at least 4 members (excludes halogenated alkanes) is 11. The summed E-state index contributed by atoms with van der Waals surface area (Å²) in [6.45, 7) is 4.58. The number of carbonyl (C=O) groups is 1. The molecule has 3 heteroatoms. The first-order valence-corrected chi connectivity index (χ1v) is 9.67. The fourth-order valence-electron chi connectivity index (χ4n) is 2.59. The van der Waals surface area contributed by atoms with Gasteiger partial charge in [-0.05, 0) is 19.8 Å². The lowest BCUT2D eigenvalue weighted by Crippen LogP contribution is -2.07. The average molecular weight is 327 g/mol. The molecule has 0 spiro atoms. The molecule has 0 rings (SSSR count). The standard InChI is InChI=1S/C20H38O3/c1-3-4-5-6-7-8-9-10-11-12-13-14-18-23-20(22)19(2)16-15-17-21/h16,21H,3-15,17-18H2,1-2H3. The van der Waals surface area contributed by atoms with E-state index in [9.17, 15) is 4.79 Å². The van der Waals surface area contributed by atoms with Crippen molar-refractivity contribution >= 4 is 5.97 Å². The molecule has 0 aliphatic carbocycles. The Bertz CT molecular complexity index is 297. The maximum absolute atomic E-state index is 11.6. The molecule has 0 aliphatic rings. The van der Waals surface area contributed by atoms with Gasteiger partial charge in [0.15, 0.2) is 0 Å². The molecule has 0 radical (unpaired) electrons. The Balaban J connectivity index is 3.26. The molecule has 0 aromatic rings. The van der Waals surface area contributed by atoms with Crippen molar-refractivity contribution in [2.75, 3.05) is 13.2 Å². The maximum atomic E-state index is 11.6. The van der Waals surface area contributed by atoms with Crippen LogP contribution in [0.4, 0.5) is 0 Å². The third-order valence-corrected chi connectivity index (χ3v) is 4.13. The lowest BCUT2D eigenvalue weighted by molar-refractivity contribution is -0.139. The van der Waals surface area contributed by atoms with Crippen molar-refractivity contribution in [3.63, 3.8) is 0 Å². The van der Waals surface area contributed by atoms with Crippen LogP contribution in [0.5, 0.6) is 0 Å². The zero-order valence-electron chi connectivity index (χ0n) is 15.4. The summed E-state index contributed by atoms with van der Waals surface area (Å²) in [6.07, 6.45) is 17.9. The summed E-state index contributed by atoms with van der Waals surface area (Å²) >= 11 is 0. The Morgan fingerprint density at radius 1 is 0.870 bits per heavy atom. The van der Waals surface area contributed by atoms with E-state index in [-0.39, 0.29) is 12.6 Å². The van der Waals surface area contributed by atoms with Crippen LogP contribution in [0.1, 0.15) is 97.3 Å². The van der Waals surface area contributed by atoms with E-state index >= 15 is 0 Å². The van der Waals surface area contributed by atoms with Gasteiger partial charge in [-0.25, -0.2) is 4.79 Å². The highest BCUT2D eigenvalue weighted by molar-refractivity contribution is 5.87. The Morgan fingerprint density at radius 3 is 1.83 bits per heavy atom. The second kappa shape index (κ2) is 17.5. The van der Waals surface area contributed by atoms with Crippen LogP contribution in [-0.2, 0) is 9.53 Å². The van der Waals surface area contributed by atoms with Crippen LogP contribution in [0.15, 0.2) is 11.6 Å². The third-order valence-electron chi connectivity index (χ3n) is 4.13. The predicted octanol–water partition coefficient (Wildman–Crippen LogP) is 5.56. The van der Waals surface area contributed by atoms with Crippen LogP contribution >= 0.6 is 0 Å². The molecule has 0 amide bonds. The first kappa shape index (κ1) is 22.2. The highest BCUT2D eigenvalue weighted by Crippen LogP contribution is 2.12. The monoisotopic (exact) mass is 326 g/mol. The van der Waals surface area contributed by atoms with Crippen molar-refractivity contribution in [3.05, 3.63) is 11.6 Å². The van der Waals surface area contributed by atoms with Crippen molar-refractivity contribution in [2.24, 2.45) is 0 Å². The number of hydrogen-bond donors (Lipinski definition) is 1. The summed E-state index contributed by atoms with van der Waals surface area (Å²) in [5.74, 6) is -0.249. The van der Waals surface area contributed by atoms with E-state index in [2.05, 4.69) is 6.92 Å². The van der Waals surface area contributed by atoms with Gasteiger partial charge in [0.2, 0.25) is 0 Å². The lowest BCUT2D eigenvalue weighted by atomic mass is 10.1. The smallest absolute Gasteiger partial charge is 0.333 e. The second-order valence-electron chi connectivity index (χ2n) is 6.42. The van der Waals surface area contributed by atoms with Crippen LogP contribution < -0.4 is 0 Å². The minimum absolute atomic E-state index is 0.0728. The van der Waals surface area contributed by atoms with E-state index in [1.807, 2.05) is 0 Å². The van der Waals surface area contributed by atoms with Gasteiger partial charge in [-0.2, -0.15) is 0 Å². The highest BCUT2D eigenvalue weighted by Gasteiger charge is 2.04. The summed E-state index contributed by atoms with van der Waals surface area (Å²) in [4.78, 5) is 11.6. The molecule has 0 unspecified atom stereocenters. The summed E-state index contributed by atoms with van der Waals surface area (Å²) in [6, 6.07) is 0. The van der Waals surface area contributed by atoms with Gasteiger partial charge in [0.05, 0.1) is 6.61 Å². The number of esters is 1. The van der Waals surface area contributed by atoms with Gasteiger partial charge in [0.25, 0.3) is 0 Å². The first-order chi connectivity index (χ1) is 11.2. The molecule has 0 bridgehead atoms. The van der Waals surface area contributed by atoms with Gasteiger partial charge >= 0.3 is 5.97 Å². The Morgan fingerprint density at radius 2 is 1.35 bits per heavy atom. The summed E-state index contributed by atoms with van der Waals surface area (Å²) in [5.41, 5.74) is 0.595.